The average Bonchev–Trinajstić information content (AvgIpc) is 3.57. The highest BCUT2D eigenvalue weighted by atomic mass is 15.1. The third-order valence-electron chi connectivity index (χ3n) is 10.7. The molecule has 9 aromatic carbocycles. The SMILES string of the molecule is Nc1c(N)c2ccc(-n3c4ccccc4c4cc(N(c5ccccc5)c5ccccc5)ccc43)cc2c2cc(-c3ccc(-c4ccccc4)cc3)ccc12. The minimum atomic E-state index is 0.609. The van der Waals surface area contributed by atoms with Crippen molar-refractivity contribution in [1.29, 1.82) is 0 Å². The molecule has 0 saturated carbocycles. The lowest BCUT2D eigenvalue weighted by atomic mass is 9.94. The van der Waals surface area contributed by atoms with Gasteiger partial charge in [0, 0.05) is 44.3 Å². The van der Waals surface area contributed by atoms with Gasteiger partial charge in [0.1, 0.15) is 0 Å². The number of para-hydroxylation sites is 3. The molecule has 54 heavy (non-hydrogen) atoms. The van der Waals surface area contributed by atoms with Crippen molar-refractivity contribution in [2.24, 2.45) is 0 Å². The van der Waals surface area contributed by atoms with E-state index in [9.17, 15) is 0 Å². The van der Waals surface area contributed by atoms with Gasteiger partial charge < -0.3 is 20.9 Å². The minimum Gasteiger partial charge on any atom is -0.397 e. The normalized spacial score (nSPS) is 11.5. The molecule has 4 N–H and O–H groups in total. The Kier molecular flexibility index (Phi) is 7.41. The lowest BCUT2D eigenvalue weighted by Crippen LogP contribution is -2.09. The summed E-state index contributed by atoms with van der Waals surface area (Å²) in [4.78, 5) is 2.31. The van der Waals surface area contributed by atoms with E-state index in [0.717, 1.165) is 66.5 Å². The molecule has 10 aromatic rings. The molecule has 0 aliphatic rings. The van der Waals surface area contributed by atoms with Gasteiger partial charge in [-0.15, -0.1) is 0 Å². The Labute approximate surface area is 313 Å². The van der Waals surface area contributed by atoms with Crippen molar-refractivity contribution >= 4 is 71.8 Å². The molecule has 0 spiro atoms. The summed E-state index contributed by atoms with van der Waals surface area (Å²) in [6.07, 6.45) is 0. The number of anilines is 5. The number of nitrogens with zero attached hydrogens (tertiary/aromatic N) is 2. The Bertz CT molecular complexity index is 2950. The van der Waals surface area contributed by atoms with E-state index in [0.29, 0.717) is 11.4 Å². The van der Waals surface area contributed by atoms with E-state index in [-0.39, 0.29) is 0 Å². The van der Waals surface area contributed by atoms with Crippen LogP contribution in [0.5, 0.6) is 0 Å². The van der Waals surface area contributed by atoms with E-state index in [4.69, 9.17) is 11.5 Å². The van der Waals surface area contributed by atoms with Crippen molar-refractivity contribution in [2.45, 2.75) is 0 Å². The molecule has 0 atom stereocenters. The number of rotatable bonds is 6. The number of hydrogen-bond acceptors (Lipinski definition) is 3. The lowest BCUT2D eigenvalue weighted by molar-refractivity contribution is 1.18. The standard InChI is InChI=1S/C50H36N4/c51-49-42-27-24-36(35-22-20-34(21-23-35)33-12-4-1-5-13-33)30-44(42)45-31-40(25-28-43(45)50(49)52)54-47-19-11-10-18-41(47)46-32-39(26-29-48(46)54)53(37-14-6-2-7-15-37)38-16-8-3-9-17-38/h1-32H,51-52H2. The molecule has 4 nitrogen and oxygen atoms in total. The van der Waals surface area contributed by atoms with Crippen molar-refractivity contribution in [2.75, 3.05) is 16.4 Å². The molecule has 0 amide bonds. The third-order valence-corrected chi connectivity index (χ3v) is 10.7. The van der Waals surface area contributed by atoms with Crippen LogP contribution in [0.1, 0.15) is 0 Å². The maximum absolute atomic E-state index is 6.76. The van der Waals surface area contributed by atoms with Crippen LogP contribution in [0.4, 0.5) is 28.4 Å². The van der Waals surface area contributed by atoms with Crippen molar-refractivity contribution in [3.8, 4) is 27.9 Å². The fourth-order valence-electron chi connectivity index (χ4n) is 8.07. The van der Waals surface area contributed by atoms with Crippen molar-refractivity contribution in [3.05, 3.63) is 194 Å². The van der Waals surface area contributed by atoms with Crippen LogP contribution in [0.2, 0.25) is 0 Å². The minimum absolute atomic E-state index is 0.609. The summed E-state index contributed by atoms with van der Waals surface area (Å²) in [6.45, 7) is 0. The van der Waals surface area contributed by atoms with Crippen molar-refractivity contribution in [1.82, 2.24) is 4.57 Å². The van der Waals surface area contributed by atoms with E-state index in [1.54, 1.807) is 0 Å². The molecular weight excluding hydrogens is 657 g/mol. The van der Waals surface area contributed by atoms with E-state index in [2.05, 4.69) is 198 Å². The van der Waals surface area contributed by atoms with Gasteiger partial charge in [-0.1, -0.05) is 127 Å². The molecule has 256 valence electrons. The summed E-state index contributed by atoms with van der Waals surface area (Å²) in [5, 5.41) is 6.42. The summed E-state index contributed by atoms with van der Waals surface area (Å²) in [6, 6.07) is 68.9. The maximum atomic E-state index is 6.76. The van der Waals surface area contributed by atoms with Crippen LogP contribution in [0.15, 0.2) is 194 Å². The van der Waals surface area contributed by atoms with E-state index >= 15 is 0 Å². The highest BCUT2D eigenvalue weighted by molar-refractivity contribution is 6.20. The van der Waals surface area contributed by atoms with Gasteiger partial charge in [0.2, 0.25) is 0 Å². The molecule has 1 heterocycles. The van der Waals surface area contributed by atoms with Crippen molar-refractivity contribution < 1.29 is 0 Å². The summed E-state index contributed by atoms with van der Waals surface area (Å²) >= 11 is 0. The van der Waals surface area contributed by atoms with Gasteiger partial charge in [0.05, 0.1) is 22.4 Å². The Morgan fingerprint density at radius 2 is 0.815 bits per heavy atom. The molecule has 0 radical (unpaired) electrons. The van der Waals surface area contributed by atoms with Crippen LogP contribution < -0.4 is 16.4 Å². The lowest BCUT2D eigenvalue weighted by Gasteiger charge is -2.25. The highest BCUT2D eigenvalue weighted by Crippen LogP contribution is 2.43. The number of nitrogens with two attached hydrogens (primary N) is 2. The van der Waals surface area contributed by atoms with Gasteiger partial charge in [0.25, 0.3) is 0 Å². The second-order valence-corrected chi connectivity index (χ2v) is 13.8. The molecule has 10 rings (SSSR count). The van der Waals surface area contributed by atoms with Crippen LogP contribution in [-0.4, -0.2) is 4.57 Å². The van der Waals surface area contributed by atoms with Crippen LogP contribution in [0.3, 0.4) is 0 Å². The first kappa shape index (κ1) is 31.4. The number of aromatic nitrogens is 1. The van der Waals surface area contributed by atoms with Crippen LogP contribution in [0.25, 0.3) is 71.3 Å². The first-order valence-corrected chi connectivity index (χ1v) is 18.3. The van der Waals surface area contributed by atoms with E-state index < -0.39 is 0 Å². The third kappa shape index (κ3) is 5.15. The van der Waals surface area contributed by atoms with Crippen LogP contribution >= 0.6 is 0 Å². The average molecular weight is 693 g/mol. The highest BCUT2D eigenvalue weighted by Gasteiger charge is 2.19. The predicted molar refractivity (Wildman–Crippen MR) is 230 cm³/mol. The topological polar surface area (TPSA) is 60.2 Å². The second-order valence-electron chi connectivity index (χ2n) is 13.8. The summed E-state index contributed by atoms with van der Waals surface area (Å²) in [5.41, 5.74) is 26.0. The molecule has 0 fully saturated rings. The molecule has 4 heteroatoms. The largest absolute Gasteiger partial charge is 0.397 e. The van der Waals surface area contributed by atoms with E-state index in [1.807, 2.05) is 6.07 Å². The first-order chi connectivity index (χ1) is 26.6. The fourth-order valence-corrected chi connectivity index (χ4v) is 8.07. The fraction of sp³-hybridized carbons (Fsp3) is 0. The smallest absolute Gasteiger partial charge is 0.0634 e. The van der Waals surface area contributed by atoms with Gasteiger partial charge in [-0.2, -0.15) is 0 Å². The van der Waals surface area contributed by atoms with Crippen LogP contribution in [-0.2, 0) is 0 Å². The van der Waals surface area contributed by atoms with Gasteiger partial charge in [-0.05, 0) is 99.8 Å². The van der Waals surface area contributed by atoms with Gasteiger partial charge >= 0.3 is 0 Å². The number of fused-ring (bicyclic) bond motifs is 6. The summed E-state index contributed by atoms with van der Waals surface area (Å²) in [7, 11) is 0. The molecule has 0 aliphatic heterocycles. The molecule has 1 aromatic heterocycles. The van der Waals surface area contributed by atoms with Gasteiger partial charge in [-0.25, -0.2) is 0 Å². The Hall–Kier alpha value is -7.30. The van der Waals surface area contributed by atoms with E-state index in [1.165, 1.54) is 21.9 Å². The van der Waals surface area contributed by atoms with Gasteiger partial charge in [0.15, 0.2) is 0 Å². The number of hydrogen-bond donors (Lipinski definition) is 2. The summed E-state index contributed by atoms with van der Waals surface area (Å²) in [5.74, 6) is 0. The molecule has 0 bridgehead atoms. The van der Waals surface area contributed by atoms with Crippen LogP contribution in [0, 0.1) is 0 Å². The zero-order chi connectivity index (χ0) is 36.2. The predicted octanol–water partition coefficient (Wildman–Crippen LogP) is 13.1. The Morgan fingerprint density at radius 3 is 1.48 bits per heavy atom. The Balaban J connectivity index is 1.14. The number of benzene rings is 9. The Morgan fingerprint density at radius 1 is 0.315 bits per heavy atom. The van der Waals surface area contributed by atoms with Crippen molar-refractivity contribution in [3.63, 3.8) is 0 Å². The second kappa shape index (κ2) is 12.7. The van der Waals surface area contributed by atoms with Gasteiger partial charge in [-0.3, -0.25) is 0 Å². The molecular formula is C50H36N4. The first-order valence-electron chi connectivity index (χ1n) is 18.3. The summed E-state index contributed by atoms with van der Waals surface area (Å²) < 4.78 is 2.37. The maximum Gasteiger partial charge on any atom is 0.0634 e. The molecule has 0 aliphatic carbocycles. The number of nitrogen functional groups attached to an aromatic ring is 2. The monoisotopic (exact) mass is 692 g/mol. The quantitative estimate of drug-likeness (QED) is 0.104. The molecule has 0 saturated heterocycles. The molecule has 0 unspecified atom stereocenters. The zero-order valence-electron chi connectivity index (χ0n) is 29.5. The zero-order valence-corrected chi connectivity index (χ0v) is 29.5.